The Morgan fingerprint density at radius 1 is 0.929 bits per heavy atom. The number of aromatic nitrogens is 1. The van der Waals surface area contributed by atoms with Gasteiger partial charge in [0.05, 0.1) is 0 Å². The van der Waals surface area contributed by atoms with Crippen LogP contribution in [0.3, 0.4) is 0 Å². The van der Waals surface area contributed by atoms with Crippen molar-refractivity contribution in [3.63, 3.8) is 0 Å². The van der Waals surface area contributed by atoms with E-state index >= 15 is 0 Å². The van der Waals surface area contributed by atoms with Gasteiger partial charge in [-0.15, -0.1) is 0 Å². The molecule has 5 heteroatoms. The summed E-state index contributed by atoms with van der Waals surface area (Å²) in [4.78, 5) is 15.6. The first kappa shape index (κ1) is 17.8. The first-order chi connectivity index (χ1) is 13.7. The lowest BCUT2D eigenvalue weighted by atomic mass is 9.91. The zero-order valence-corrected chi connectivity index (χ0v) is 15.2. The maximum Gasteiger partial charge on any atom is 0.319 e. The number of halogens is 1. The van der Waals surface area contributed by atoms with Gasteiger partial charge in [-0.05, 0) is 41.5 Å². The monoisotopic (exact) mass is 373 g/mol. The van der Waals surface area contributed by atoms with E-state index in [9.17, 15) is 9.18 Å². The fraction of sp³-hybridized carbons (Fsp3) is 0.0870. The second-order valence-corrected chi connectivity index (χ2v) is 6.59. The van der Waals surface area contributed by atoms with Crippen molar-refractivity contribution in [2.24, 2.45) is 0 Å². The third kappa shape index (κ3) is 3.88. The minimum Gasteiger partial charge on any atom is -0.361 e. The Hall–Kier alpha value is -3.60. The Morgan fingerprint density at radius 3 is 2.43 bits per heavy atom. The van der Waals surface area contributed by atoms with Crippen molar-refractivity contribution in [2.75, 3.05) is 11.9 Å². The smallest absolute Gasteiger partial charge is 0.319 e. The lowest BCUT2D eigenvalue weighted by Gasteiger charge is -2.18. The predicted molar refractivity (Wildman–Crippen MR) is 110 cm³/mol. The van der Waals surface area contributed by atoms with E-state index in [1.54, 1.807) is 12.1 Å². The Labute approximate surface area is 162 Å². The molecule has 1 unspecified atom stereocenters. The van der Waals surface area contributed by atoms with Crippen LogP contribution in [-0.2, 0) is 0 Å². The average molecular weight is 373 g/mol. The van der Waals surface area contributed by atoms with Crippen molar-refractivity contribution in [1.29, 1.82) is 0 Å². The van der Waals surface area contributed by atoms with Crippen molar-refractivity contribution in [1.82, 2.24) is 10.3 Å². The molecule has 2 amide bonds. The number of aromatic amines is 1. The summed E-state index contributed by atoms with van der Waals surface area (Å²) in [6.45, 7) is 0.381. The lowest BCUT2D eigenvalue weighted by molar-refractivity contribution is 0.252. The molecule has 4 aromatic rings. The number of hydrogen-bond acceptors (Lipinski definition) is 1. The minimum atomic E-state index is -0.281. The number of para-hydroxylation sites is 2. The average Bonchev–Trinajstić information content (AvgIpc) is 3.14. The maximum atomic E-state index is 13.4. The van der Waals surface area contributed by atoms with Gasteiger partial charge < -0.3 is 15.6 Å². The quantitative estimate of drug-likeness (QED) is 0.439. The number of carbonyl (C=O) groups is 1. The number of benzene rings is 3. The summed E-state index contributed by atoms with van der Waals surface area (Å²) in [5.74, 6) is -0.394. The van der Waals surface area contributed by atoms with Gasteiger partial charge in [0.25, 0.3) is 0 Å². The number of rotatable bonds is 5. The third-order valence-corrected chi connectivity index (χ3v) is 4.77. The molecule has 4 nitrogen and oxygen atoms in total. The fourth-order valence-corrected chi connectivity index (χ4v) is 3.38. The van der Waals surface area contributed by atoms with E-state index in [1.165, 1.54) is 12.1 Å². The highest BCUT2D eigenvalue weighted by molar-refractivity contribution is 5.89. The zero-order valence-electron chi connectivity index (χ0n) is 15.2. The van der Waals surface area contributed by atoms with E-state index in [4.69, 9.17) is 0 Å². The van der Waals surface area contributed by atoms with Gasteiger partial charge in [0.2, 0.25) is 0 Å². The van der Waals surface area contributed by atoms with Crippen LogP contribution < -0.4 is 10.6 Å². The molecule has 0 bridgehead atoms. The highest BCUT2D eigenvalue weighted by atomic mass is 19.1. The lowest BCUT2D eigenvalue weighted by Crippen LogP contribution is -2.32. The summed E-state index contributed by atoms with van der Waals surface area (Å²) in [6.07, 6.45) is 1.95. The van der Waals surface area contributed by atoms with Gasteiger partial charge in [-0.25, -0.2) is 9.18 Å². The van der Waals surface area contributed by atoms with E-state index in [2.05, 4.69) is 15.6 Å². The molecule has 0 saturated carbocycles. The third-order valence-electron chi connectivity index (χ3n) is 4.77. The predicted octanol–water partition coefficient (Wildman–Crippen LogP) is 5.26. The molecule has 3 N–H and O–H groups in total. The highest BCUT2D eigenvalue weighted by Crippen LogP contribution is 2.30. The van der Waals surface area contributed by atoms with Crippen LogP contribution in [0.4, 0.5) is 14.9 Å². The van der Waals surface area contributed by atoms with Crippen LogP contribution in [0.2, 0.25) is 0 Å². The summed E-state index contributed by atoms with van der Waals surface area (Å²) in [5.41, 5.74) is 3.75. The van der Waals surface area contributed by atoms with Gasteiger partial charge in [0.15, 0.2) is 0 Å². The Bertz CT molecular complexity index is 1070. The molecule has 0 radical (unpaired) electrons. The summed E-state index contributed by atoms with van der Waals surface area (Å²) >= 11 is 0. The van der Waals surface area contributed by atoms with Crippen molar-refractivity contribution in [3.8, 4) is 0 Å². The van der Waals surface area contributed by atoms with E-state index in [0.29, 0.717) is 6.54 Å². The van der Waals surface area contributed by atoms with E-state index in [1.807, 2.05) is 60.8 Å². The minimum absolute atomic E-state index is 0.113. The number of anilines is 1. The second-order valence-electron chi connectivity index (χ2n) is 6.59. The van der Waals surface area contributed by atoms with Crippen molar-refractivity contribution in [3.05, 3.63) is 102 Å². The topological polar surface area (TPSA) is 56.9 Å². The molecule has 1 heterocycles. The second kappa shape index (κ2) is 7.96. The van der Waals surface area contributed by atoms with Crippen LogP contribution in [0.25, 0.3) is 10.9 Å². The van der Waals surface area contributed by atoms with Gasteiger partial charge in [-0.3, -0.25) is 0 Å². The molecule has 0 aliphatic carbocycles. The van der Waals surface area contributed by atoms with E-state index < -0.39 is 0 Å². The zero-order chi connectivity index (χ0) is 19.3. The maximum absolute atomic E-state index is 13.4. The number of urea groups is 1. The van der Waals surface area contributed by atoms with E-state index in [-0.39, 0.29) is 17.8 Å². The number of carbonyl (C=O) groups excluding carboxylic acids is 1. The van der Waals surface area contributed by atoms with Crippen LogP contribution in [0, 0.1) is 5.82 Å². The fourth-order valence-electron chi connectivity index (χ4n) is 3.38. The van der Waals surface area contributed by atoms with Crippen LogP contribution in [0.1, 0.15) is 17.0 Å². The number of amides is 2. The van der Waals surface area contributed by atoms with Crippen LogP contribution in [0.15, 0.2) is 85.1 Å². The summed E-state index contributed by atoms with van der Waals surface area (Å²) in [7, 11) is 0. The van der Waals surface area contributed by atoms with Crippen molar-refractivity contribution in [2.45, 2.75) is 5.92 Å². The van der Waals surface area contributed by atoms with Gasteiger partial charge in [-0.1, -0.05) is 48.5 Å². The number of H-pyrrole nitrogens is 1. The molecule has 1 aromatic heterocycles. The molecular formula is C23H20FN3O. The molecule has 0 fully saturated rings. The molecule has 0 saturated heterocycles. The van der Waals surface area contributed by atoms with Crippen LogP contribution in [0.5, 0.6) is 0 Å². The van der Waals surface area contributed by atoms with Crippen molar-refractivity contribution >= 4 is 22.6 Å². The first-order valence-electron chi connectivity index (χ1n) is 9.12. The standard InChI is InChI=1S/C23H20FN3O/c24-17-12-10-16(11-13-17)20(21-15-25-22-9-5-4-8-19(21)22)14-26-23(28)27-18-6-2-1-3-7-18/h1-13,15,20,25H,14H2,(H2,26,27,28). The van der Waals surface area contributed by atoms with Gasteiger partial charge in [0.1, 0.15) is 5.82 Å². The van der Waals surface area contributed by atoms with Gasteiger partial charge >= 0.3 is 6.03 Å². The van der Waals surface area contributed by atoms with Gasteiger partial charge in [0, 0.05) is 35.2 Å². The molecule has 4 rings (SSSR count). The number of fused-ring (bicyclic) bond motifs is 1. The largest absolute Gasteiger partial charge is 0.361 e. The number of hydrogen-bond donors (Lipinski definition) is 3. The van der Waals surface area contributed by atoms with Crippen LogP contribution >= 0.6 is 0 Å². The SMILES string of the molecule is O=C(NCC(c1ccc(F)cc1)c1c[nH]c2ccccc12)Nc1ccccc1. The molecule has 0 aliphatic heterocycles. The molecule has 3 aromatic carbocycles. The molecule has 0 aliphatic rings. The Morgan fingerprint density at radius 2 is 1.64 bits per heavy atom. The Balaban J connectivity index is 1.58. The highest BCUT2D eigenvalue weighted by Gasteiger charge is 2.19. The van der Waals surface area contributed by atoms with Crippen LogP contribution in [-0.4, -0.2) is 17.6 Å². The molecule has 1 atom stereocenters. The van der Waals surface area contributed by atoms with E-state index in [0.717, 1.165) is 27.7 Å². The summed E-state index contributed by atoms with van der Waals surface area (Å²) in [5, 5.41) is 6.85. The molecule has 0 spiro atoms. The molecule has 28 heavy (non-hydrogen) atoms. The van der Waals surface area contributed by atoms with Crippen molar-refractivity contribution < 1.29 is 9.18 Å². The van der Waals surface area contributed by atoms with Gasteiger partial charge in [-0.2, -0.15) is 0 Å². The summed E-state index contributed by atoms with van der Waals surface area (Å²) in [6, 6.07) is 23.4. The summed E-state index contributed by atoms with van der Waals surface area (Å²) < 4.78 is 13.4. The first-order valence-corrected chi connectivity index (χ1v) is 9.12. The molecule has 140 valence electrons. The number of nitrogens with one attached hydrogen (secondary N) is 3. The molecular weight excluding hydrogens is 353 g/mol. The normalized spacial score (nSPS) is 11.9. The Kier molecular flexibility index (Phi) is 5.06.